The molecule has 0 bridgehead atoms. The SMILES string of the molecule is C=CC(=O)OCCC1(C(=O)O)CCCCC1(CCOC(=O)C=C)C(=O)O. The molecular formula is C18H24O8. The standard InChI is InChI=1S/C18H24O8/c1-3-13(19)25-11-9-17(15(21)22)7-5-6-8-18(17,16(23)24)10-12-26-14(20)4-2/h3-4H,1-2,5-12H2,(H,21,22)(H,23,24). The summed E-state index contributed by atoms with van der Waals surface area (Å²) in [5.41, 5.74) is -3.25. The highest BCUT2D eigenvalue weighted by Gasteiger charge is 2.61. The first-order valence-corrected chi connectivity index (χ1v) is 8.31. The number of carboxylic acid groups (broad SMARTS) is 2. The molecule has 0 aliphatic heterocycles. The third kappa shape index (κ3) is 4.30. The van der Waals surface area contributed by atoms with Crippen LogP contribution in [0.25, 0.3) is 0 Å². The van der Waals surface area contributed by atoms with E-state index in [1.165, 1.54) is 0 Å². The second kappa shape index (κ2) is 9.17. The maximum absolute atomic E-state index is 12.1. The highest BCUT2D eigenvalue weighted by Crippen LogP contribution is 2.55. The predicted molar refractivity (Wildman–Crippen MR) is 90.2 cm³/mol. The molecule has 8 heteroatoms. The summed E-state index contributed by atoms with van der Waals surface area (Å²) in [6.07, 6.45) is 2.96. The van der Waals surface area contributed by atoms with Gasteiger partial charge in [0, 0.05) is 12.2 Å². The van der Waals surface area contributed by atoms with Gasteiger partial charge in [-0.25, -0.2) is 9.59 Å². The zero-order valence-electron chi connectivity index (χ0n) is 14.6. The van der Waals surface area contributed by atoms with Crippen LogP contribution in [0.15, 0.2) is 25.3 Å². The molecule has 0 aromatic heterocycles. The van der Waals surface area contributed by atoms with Crippen molar-refractivity contribution in [2.75, 3.05) is 13.2 Å². The molecule has 1 aliphatic rings. The summed E-state index contributed by atoms with van der Waals surface area (Å²) in [6.45, 7) is 6.04. The number of carboxylic acids is 2. The molecule has 0 heterocycles. The van der Waals surface area contributed by atoms with Crippen molar-refractivity contribution in [3.8, 4) is 0 Å². The molecule has 1 saturated carbocycles. The Morgan fingerprint density at radius 2 is 1.15 bits per heavy atom. The van der Waals surface area contributed by atoms with Crippen LogP contribution < -0.4 is 0 Å². The number of carbonyl (C=O) groups is 4. The Labute approximate surface area is 151 Å². The smallest absolute Gasteiger partial charge is 0.330 e. The molecule has 1 rings (SSSR count). The van der Waals surface area contributed by atoms with Crippen LogP contribution in [-0.2, 0) is 28.7 Å². The summed E-state index contributed by atoms with van der Waals surface area (Å²) in [5, 5.41) is 19.8. The van der Waals surface area contributed by atoms with Gasteiger partial charge in [-0.15, -0.1) is 0 Å². The van der Waals surface area contributed by atoms with Gasteiger partial charge in [0.2, 0.25) is 0 Å². The van der Waals surface area contributed by atoms with E-state index in [4.69, 9.17) is 9.47 Å². The quantitative estimate of drug-likeness (QED) is 0.442. The second-order valence-electron chi connectivity index (χ2n) is 6.22. The lowest BCUT2D eigenvalue weighted by Gasteiger charge is -2.48. The average Bonchev–Trinajstić information content (AvgIpc) is 2.61. The second-order valence-corrected chi connectivity index (χ2v) is 6.22. The van der Waals surface area contributed by atoms with E-state index in [1.807, 2.05) is 0 Å². The molecular weight excluding hydrogens is 344 g/mol. The number of aliphatic carboxylic acids is 2. The van der Waals surface area contributed by atoms with Crippen LogP contribution in [0.2, 0.25) is 0 Å². The van der Waals surface area contributed by atoms with Crippen molar-refractivity contribution < 1.29 is 38.9 Å². The maximum Gasteiger partial charge on any atom is 0.330 e. The summed E-state index contributed by atoms with van der Waals surface area (Å²) in [4.78, 5) is 46.8. The van der Waals surface area contributed by atoms with E-state index in [-0.39, 0.29) is 38.9 Å². The Morgan fingerprint density at radius 1 is 0.808 bits per heavy atom. The first kappa shape index (κ1) is 21.4. The molecule has 0 saturated heterocycles. The van der Waals surface area contributed by atoms with Gasteiger partial charge < -0.3 is 19.7 Å². The van der Waals surface area contributed by atoms with Crippen molar-refractivity contribution in [2.24, 2.45) is 10.8 Å². The highest BCUT2D eigenvalue weighted by atomic mass is 16.5. The van der Waals surface area contributed by atoms with Crippen molar-refractivity contribution in [2.45, 2.75) is 38.5 Å². The molecule has 1 fully saturated rings. The molecule has 0 spiro atoms. The molecule has 2 atom stereocenters. The first-order chi connectivity index (χ1) is 12.3. The number of hydrogen-bond acceptors (Lipinski definition) is 6. The van der Waals surface area contributed by atoms with Crippen molar-refractivity contribution in [1.82, 2.24) is 0 Å². The van der Waals surface area contributed by atoms with Gasteiger partial charge in [0.25, 0.3) is 0 Å². The van der Waals surface area contributed by atoms with Gasteiger partial charge in [-0.1, -0.05) is 26.0 Å². The van der Waals surface area contributed by atoms with E-state index in [9.17, 15) is 29.4 Å². The molecule has 26 heavy (non-hydrogen) atoms. The topological polar surface area (TPSA) is 127 Å². The zero-order valence-corrected chi connectivity index (χ0v) is 14.6. The summed E-state index contributed by atoms with van der Waals surface area (Å²) < 4.78 is 9.78. The lowest BCUT2D eigenvalue weighted by atomic mass is 9.53. The normalized spacial score (nSPS) is 24.9. The van der Waals surface area contributed by atoms with Crippen LogP contribution in [0.1, 0.15) is 38.5 Å². The van der Waals surface area contributed by atoms with E-state index < -0.39 is 34.7 Å². The Hall–Kier alpha value is -2.64. The fraction of sp³-hybridized carbons (Fsp3) is 0.556. The lowest BCUT2D eigenvalue weighted by Crippen LogP contribution is -2.55. The zero-order chi connectivity index (χ0) is 19.8. The van der Waals surface area contributed by atoms with Gasteiger partial charge in [0.05, 0.1) is 24.0 Å². The summed E-state index contributed by atoms with van der Waals surface area (Å²) in [5.74, 6) is -3.93. The molecule has 0 aromatic carbocycles. The van der Waals surface area contributed by atoms with E-state index >= 15 is 0 Å². The lowest BCUT2D eigenvalue weighted by molar-refractivity contribution is -0.185. The van der Waals surface area contributed by atoms with E-state index in [1.54, 1.807) is 0 Å². The van der Waals surface area contributed by atoms with Crippen molar-refractivity contribution in [3.05, 3.63) is 25.3 Å². The molecule has 8 nitrogen and oxygen atoms in total. The van der Waals surface area contributed by atoms with Gasteiger partial charge in [-0.05, 0) is 25.7 Å². The molecule has 2 N–H and O–H groups in total. The number of rotatable bonds is 10. The van der Waals surface area contributed by atoms with Gasteiger partial charge in [-0.3, -0.25) is 9.59 Å². The maximum atomic E-state index is 12.1. The van der Waals surface area contributed by atoms with Crippen LogP contribution in [0, 0.1) is 10.8 Å². The van der Waals surface area contributed by atoms with Gasteiger partial charge in [0.15, 0.2) is 0 Å². The minimum atomic E-state index is -1.63. The minimum Gasteiger partial charge on any atom is -0.481 e. The van der Waals surface area contributed by atoms with Crippen LogP contribution in [-0.4, -0.2) is 47.3 Å². The molecule has 144 valence electrons. The predicted octanol–water partition coefficient (Wildman–Crippen LogP) is 1.94. The van der Waals surface area contributed by atoms with E-state index in [0.29, 0.717) is 12.8 Å². The minimum absolute atomic E-state index is 0.135. The van der Waals surface area contributed by atoms with Gasteiger partial charge >= 0.3 is 23.9 Å². The molecule has 1 aliphatic carbocycles. The van der Waals surface area contributed by atoms with Crippen molar-refractivity contribution in [3.63, 3.8) is 0 Å². The Balaban J connectivity index is 3.13. The largest absolute Gasteiger partial charge is 0.481 e. The van der Waals surface area contributed by atoms with Crippen LogP contribution in [0.5, 0.6) is 0 Å². The fourth-order valence-electron chi connectivity index (χ4n) is 3.67. The van der Waals surface area contributed by atoms with E-state index in [2.05, 4.69) is 13.2 Å². The molecule has 0 radical (unpaired) electrons. The average molecular weight is 368 g/mol. The summed E-state index contributed by atoms with van der Waals surface area (Å²) in [7, 11) is 0. The third-order valence-electron chi connectivity index (χ3n) is 5.07. The van der Waals surface area contributed by atoms with Crippen LogP contribution in [0.4, 0.5) is 0 Å². The Morgan fingerprint density at radius 3 is 1.42 bits per heavy atom. The Kier molecular flexibility index (Phi) is 7.55. The highest BCUT2D eigenvalue weighted by molar-refractivity contribution is 5.87. The van der Waals surface area contributed by atoms with Gasteiger partial charge in [-0.2, -0.15) is 0 Å². The molecule has 0 amide bonds. The number of esters is 2. The van der Waals surface area contributed by atoms with Crippen LogP contribution in [0.3, 0.4) is 0 Å². The molecule has 2 unspecified atom stereocenters. The third-order valence-corrected chi connectivity index (χ3v) is 5.07. The van der Waals surface area contributed by atoms with E-state index in [0.717, 1.165) is 12.2 Å². The van der Waals surface area contributed by atoms with Crippen molar-refractivity contribution in [1.29, 1.82) is 0 Å². The Bertz CT molecular complexity index is 544. The summed E-state index contributed by atoms with van der Waals surface area (Å²) >= 11 is 0. The number of carbonyl (C=O) groups excluding carboxylic acids is 2. The summed E-state index contributed by atoms with van der Waals surface area (Å²) in [6, 6.07) is 0. The van der Waals surface area contributed by atoms with Gasteiger partial charge in [0.1, 0.15) is 0 Å². The first-order valence-electron chi connectivity index (χ1n) is 8.31. The number of ether oxygens (including phenoxy) is 2. The van der Waals surface area contributed by atoms with Crippen molar-refractivity contribution >= 4 is 23.9 Å². The molecule has 0 aromatic rings. The monoisotopic (exact) mass is 368 g/mol. The fourth-order valence-corrected chi connectivity index (χ4v) is 3.67. The number of hydrogen-bond donors (Lipinski definition) is 2. The van der Waals surface area contributed by atoms with Crippen LogP contribution >= 0.6 is 0 Å².